The summed E-state index contributed by atoms with van der Waals surface area (Å²) in [6.45, 7) is -0.349. The van der Waals surface area contributed by atoms with Gasteiger partial charge in [-0.1, -0.05) is 6.07 Å². The number of methoxy groups -OCH3 is 2. The van der Waals surface area contributed by atoms with Crippen LogP contribution in [-0.2, 0) is 19.8 Å². The Balaban J connectivity index is 1.99. The number of rotatable bonds is 6. The van der Waals surface area contributed by atoms with Gasteiger partial charge in [0.1, 0.15) is 0 Å². The Kier molecular flexibility index (Phi) is 5.98. The standard InChI is InChI=1S/C15H18F3N5O4/c1-22-12(15(16,17)18)21-23(14(22)25)8-7-19-13(24)20-9-5-4-6-10(26-2)11(9)27-3/h4-6H,7-8H2,1-3H3,(H2,19,20,24). The molecule has 0 fully saturated rings. The first-order valence-electron chi connectivity index (χ1n) is 7.66. The minimum Gasteiger partial charge on any atom is -0.493 e. The summed E-state index contributed by atoms with van der Waals surface area (Å²) in [5, 5.41) is 8.20. The van der Waals surface area contributed by atoms with Crippen LogP contribution in [0, 0.1) is 0 Å². The molecule has 1 heterocycles. The number of nitrogens with one attached hydrogen (secondary N) is 2. The van der Waals surface area contributed by atoms with Gasteiger partial charge in [0, 0.05) is 13.6 Å². The van der Waals surface area contributed by atoms with E-state index in [2.05, 4.69) is 15.7 Å². The van der Waals surface area contributed by atoms with E-state index in [0.717, 1.165) is 7.05 Å². The Bertz CT molecular complexity index is 875. The topological polar surface area (TPSA) is 99.4 Å². The number of amides is 2. The predicted octanol–water partition coefficient (Wildman–Crippen LogP) is 1.44. The van der Waals surface area contributed by atoms with Crippen molar-refractivity contribution in [2.45, 2.75) is 12.7 Å². The minimum absolute atomic E-state index is 0.119. The first kappa shape index (κ1) is 20.1. The van der Waals surface area contributed by atoms with E-state index in [-0.39, 0.29) is 13.1 Å². The van der Waals surface area contributed by atoms with Gasteiger partial charge in [-0.3, -0.25) is 4.57 Å². The molecule has 148 valence electrons. The Morgan fingerprint density at radius 2 is 1.96 bits per heavy atom. The number of urea groups is 1. The zero-order valence-corrected chi connectivity index (χ0v) is 14.8. The summed E-state index contributed by atoms with van der Waals surface area (Å²) in [6.07, 6.45) is -4.74. The number of carbonyl (C=O) groups excluding carboxylic acids is 1. The lowest BCUT2D eigenvalue weighted by atomic mass is 10.2. The van der Waals surface area contributed by atoms with Crippen LogP contribution in [-0.4, -0.2) is 41.1 Å². The molecule has 0 unspecified atom stereocenters. The van der Waals surface area contributed by atoms with Crippen molar-refractivity contribution in [3.63, 3.8) is 0 Å². The Hall–Kier alpha value is -3.18. The number of anilines is 1. The molecule has 12 heteroatoms. The fraction of sp³-hybridized carbons (Fsp3) is 0.400. The molecule has 0 radical (unpaired) electrons. The van der Waals surface area contributed by atoms with Crippen molar-refractivity contribution in [2.75, 3.05) is 26.1 Å². The van der Waals surface area contributed by atoms with Gasteiger partial charge in [-0.05, 0) is 12.1 Å². The molecule has 0 spiro atoms. The van der Waals surface area contributed by atoms with E-state index in [0.29, 0.717) is 26.4 Å². The molecule has 2 N–H and O–H groups in total. The third-order valence-electron chi connectivity index (χ3n) is 3.55. The van der Waals surface area contributed by atoms with Crippen LogP contribution in [0.2, 0.25) is 0 Å². The van der Waals surface area contributed by atoms with Crippen LogP contribution >= 0.6 is 0 Å². The third-order valence-corrected chi connectivity index (χ3v) is 3.55. The maximum Gasteiger partial charge on any atom is 0.451 e. The number of hydrogen-bond donors (Lipinski definition) is 2. The van der Waals surface area contributed by atoms with Gasteiger partial charge in [0.05, 0.1) is 26.5 Å². The normalized spacial score (nSPS) is 11.2. The number of ether oxygens (including phenoxy) is 2. The zero-order chi connectivity index (χ0) is 20.2. The number of hydrogen-bond acceptors (Lipinski definition) is 5. The lowest BCUT2D eigenvalue weighted by Gasteiger charge is -2.13. The second-order valence-corrected chi connectivity index (χ2v) is 5.31. The summed E-state index contributed by atoms with van der Waals surface area (Å²) < 4.78 is 49.5. The molecular weight excluding hydrogens is 371 g/mol. The summed E-state index contributed by atoms with van der Waals surface area (Å²) in [5.41, 5.74) is -0.595. The SMILES string of the molecule is COc1cccc(NC(=O)NCCn2nc(C(F)(F)F)n(C)c2=O)c1OC. The smallest absolute Gasteiger partial charge is 0.451 e. The van der Waals surface area contributed by atoms with Crippen molar-refractivity contribution < 1.29 is 27.4 Å². The second kappa shape index (κ2) is 8.01. The van der Waals surface area contributed by atoms with Gasteiger partial charge in [0.2, 0.25) is 5.82 Å². The number of nitrogens with zero attached hydrogens (tertiary/aromatic N) is 3. The van der Waals surface area contributed by atoms with Gasteiger partial charge in [-0.15, -0.1) is 5.10 Å². The van der Waals surface area contributed by atoms with Crippen molar-refractivity contribution >= 4 is 11.7 Å². The number of aromatic nitrogens is 3. The van der Waals surface area contributed by atoms with Crippen LogP contribution in [0.25, 0.3) is 0 Å². The third kappa shape index (κ3) is 4.51. The van der Waals surface area contributed by atoms with Gasteiger partial charge < -0.3 is 20.1 Å². The highest BCUT2D eigenvalue weighted by Crippen LogP contribution is 2.34. The highest BCUT2D eigenvalue weighted by atomic mass is 19.4. The number of halogens is 3. The summed E-state index contributed by atoms with van der Waals surface area (Å²) in [6, 6.07) is 4.23. The molecule has 0 aliphatic carbocycles. The maximum atomic E-state index is 12.7. The molecule has 1 aromatic heterocycles. The van der Waals surface area contributed by atoms with E-state index in [4.69, 9.17) is 9.47 Å². The van der Waals surface area contributed by atoms with E-state index in [1.54, 1.807) is 18.2 Å². The summed E-state index contributed by atoms with van der Waals surface area (Å²) in [7, 11) is 3.83. The number of alkyl halides is 3. The van der Waals surface area contributed by atoms with Crippen LogP contribution in [0.1, 0.15) is 5.82 Å². The van der Waals surface area contributed by atoms with Crippen LogP contribution in [0.3, 0.4) is 0 Å². The molecule has 0 saturated heterocycles. The molecule has 0 aliphatic heterocycles. The first-order chi connectivity index (χ1) is 12.7. The molecule has 27 heavy (non-hydrogen) atoms. The second-order valence-electron chi connectivity index (χ2n) is 5.31. The average Bonchev–Trinajstić information content (AvgIpc) is 2.90. The van der Waals surface area contributed by atoms with Gasteiger partial charge >= 0.3 is 17.9 Å². The van der Waals surface area contributed by atoms with Crippen LogP contribution in [0.4, 0.5) is 23.7 Å². The lowest BCUT2D eigenvalue weighted by molar-refractivity contribution is -0.147. The molecule has 0 atom stereocenters. The van der Waals surface area contributed by atoms with Crippen LogP contribution in [0.15, 0.2) is 23.0 Å². The predicted molar refractivity (Wildman–Crippen MR) is 89.0 cm³/mol. The number of para-hydroxylation sites is 1. The largest absolute Gasteiger partial charge is 0.493 e. The Morgan fingerprint density at radius 3 is 2.52 bits per heavy atom. The maximum absolute atomic E-state index is 12.7. The molecule has 0 bridgehead atoms. The molecule has 2 aromatic rings. The van der Waals surface area contributed by atoms with Gasteiger partial charge in [0.25, 0.3) is 0 Å². The van der Waals surface area contributed by atoms with E-state index < -0.39 is 23.7 Å². The summed E-state index contributed by atoms with van der Waals surface area (Å²) in [4.78, 5) is 23.7. The number of carbonyl (C=O) groups is 1. The Labute approximate surface area is 151 Å². The average molecular weight is 389 g/mol. The van der Waals surface area contributed by atoms with Crippen molar-refractivity contribution in [3.8, 4) is 11.5 Å². The van der Waals surface area contributed by atoms with Gasteiger partial charge in [-0.25, -0.2) is 14.3 Å². The lowest BCUT2D eigenvalue weighted by Crippen LogP contribution is -2.34. The fourth-order valence-electron chi connectivity index (χ4n) is 2.31. The monoisotopic (exact) mass is 389 g/mol. The highest BCUT2D eigenvalue weighted by molar-refractivity contribution is 5.91. The van der Waals surface area contributed by atoms with Gasteiger partial charge in [0.15, 0.2) is 11.5 Å². The summed E-state index contributed by atoms with van der Waals surface area (Å²) in [5.74, 6) is -0.584. The quantitative estimate of drug-likeness (QED) is 0.779. The Morgan fingerprint density at radius 1 is 1.26 bits per heavy atom. The molecule has 9 nitrogen and oxygen atoms in total. The molecule has 0 saturated carbocycles. The molecule has 1 aromatic carbocycles. The zero-order valence-electron chi connectivity index (χ0n) is 14.8. The summed E-state index contributed by atoms with van der Waals surface area (Å²) >= 11 is 0. The van der Waals surface area contributed by atoms with E-state index in [9.17, 15) is 22.8 Å². The van der Waals surface area contributed by atoms with E-state index in [1.807, 2.05) is 0 Å². The minimum atomic E-state index is -4.74. The fourth-order valence-corrected chi connectivity index (χ4v) is 2.31. The molecule has 2 rings (SSSR count). The van der Waals surface area contributed by atoms with E-state index in [1.165, 1.54) is 14.2 Å². The van der Waals surface area contributed by atoms with Crippen molar-refractivity contribution in [3.05, 3.63) is 34.5 Å². The van der Waals surface area contributed by atoms with Gasteiger partial charge in [-0.2, -0.15) is 13.2 Å². The van der Waals surface area contributed by atoms with E-state index >= 15 is 0 Å². The van der Waals surface area contributed by atoms with Crippen molar-refractivity contribution in [2.24, 2.45) is 7.05 Å². The van der Waals surface area contributed by atoms with Crippen LogP contribution in [0.5, 0.6) is 11.5 Å². The number of benzene rings is 1. The van der Waals surface area contributed by atoms with Crippen LogP contribution < -0.4 is 25.8 Å². The van der Waals surface area contributed by atoms with Crippen molar-refractivity contribution in [1.29, 1.82) is 0 Å². The molecular formula is C15H18F3N5O4. The highest BCUT2D eigenvalue weighted by Gasteiger charge is 2.37. The van der Waals surface area contributed by atoms with Crippen molar-refractivity contribution in [1.82, 2.24) is 19.7 Å². The first-order valence-corrected chi connectivity index (χ1v) is 7.66. The molecule has 0 aliphatic rings. The molecule has 2 amide bonds.